The fourth-order valence-corrected chi connectivity index (χ4v) is 1.44. The Morgan fingerprint density at radius 2 is 1.88 bits per heavy atom. The molecule has 0 saturated heterocycles. The number of hydrogen-bond donors (Lipinski definition) is 1. The molecule has 0 spiro atoms. The molecule has 0 aromatic heterocycles. The van der Waals surface area contributed by atoms with Gasteiger partial charge in [0.05, 0.1) is 13.7 Å². The van der Waals surface area contributed by atoms with Crippen LogP contribution >= 0.6 is 0 Å². The quantitative estimate of drug-likeness (QED) is 0.607. The molecule has 0 aliphatic heterocycles. The lowest BCUT2D eigenvalue weighted by atomic mass is 9.98. The number of esters is 1. The standard InChI is InChI=1S/C12H15NO4/c1-3-17-12(15)10(11(13)14)8-4-6-9(16-2)7-5-8/h4-7,10H,3H2,1-2H3,(H2,13,14). The minimum atomic E-state index is -1.07. The highest BCUT2D eigenvalue weighted by Gasteiger charge is 2.27. The van der Waals surface area contributed by atoms with Gasteiger partial charge in [-0.2, -0.15) is 0 Å². The largest absolute Gasteiger partial charge is 0.497 e. The van der Waals surface area contributed by atoms with Gasteiger partial charge in [0, 0.05) is 0 Å². The van der Waals surface area contributed by atoms with Crippen LogP contribution in [0.25, 0.3) is 0 Å². The zero-order chi connectivity index (χ0) is 12.8. The highest BCUT2D eigenvalue weighted by Crippen LogP contribution is 2.20. The van der Waals surface area contributed by atoms with Crippen molar-refractivity contribution in [2.75, 3.05) is 13.7 Å². The van der Waals surface area contributed by atoms with Crippen molar-refractivity contribution in [2.24, 2.45) is 5.73 Å². The van der Waals surface area contributed by atoms with Gasteiger partial charge in [-0.1, -0.05) is 12.1 Å². The lowest BCUT2D eigenvalue weighted by Crippen LogP contribution is -2.29. The Morgan fingerprint density at radius 1 is 1.29 bits per heavy atom. The van der Waals surface area contributed by atoms with Crippen LogP contribution in [0.15, 0.2) is 24.3 Å². The van der Waals surface area contributed by atoms with Crippen LogP contribution in [-0.4, -0.2) is 25.6 Å². The van der Waals surface area contributed by atoms with E-state index in [0.717, 1.165) is 0 Å². The summed E-state index contributed by atoms with van der Waals surface area (Å²) < 4.78 is 9.79. The summed E-state index contributed by atoms with van der Waals surface area (Å²) in [7, 11) is 1.53. The Bertz CT molecular complexity index is 399. The molecule has 0 heterocycles. The molecule has 1 unspecified atom stereocenters. The van der Waals surface area contributed by atoms with Gasteiger partial charge < -0.3 is 15.2 Å². The second-order valence-electron chi connectivity index (χ2n) is 3.36. The van der Waals surface area contributed by atoms with Crippen molar-refractivity contribution >= 4 is 11.9 Å². The topological polar surface area (TPSA) is 78.6 Å². The molecule has 92 valence electrons. The lowest BCUT2D eigenvalue weighted by molar-refractivity contribution is -0.147. The van der Waals surface area contributed by atoms with Crippen molar-refractivity contribution in [2.45, 2.75) is 12.8 Å². The van der Waals surface area contributed by atoms with Crippen LogP contribution in [0, 0.1) is 0 Å². The summed E-state index contributed by atoms with van der Waals surface area (Å²) in [6, 6.07) is 6.55. The molecular weight excluding hydrogens is 222 g/mol. The van der Waals surface area contributed by atoms with E-state index in [1.54, 1.807) is 31.2 Å². The summed E-state index contributed by atoms with van der Waals surface area (Å²) in [4.78, 5) is 22.8. The van der Waals surface area contributed by atoms with Gasteiger partial charge in [-0.05, 0) is 24.6 Å². The fraction of sp³-hybridized carbons (Fsp3) is 0.333. The molecule has 1 atom stereocenters. The molecule has 0 bridgehead atoms. The summed E-state index contributed by atoms with van der Waals surface area (Å²) in [6.45, 7) is 1.88. The number of primary amides is 1. The lowest BCUT2D eigenvalue weighted by Gasteiger charge is -2.12. The van der Waals surface area contributed by atoms with Gasteiger partial charge in [0.1, 0.15) is 5.75 Å². The minimum Gasteiger partial charge on any atom is -0.497 e. The number of methoxy groups -OCH3 is 1. The first kappa shape index (κ1) is 13.0. The van der Waals surface area contributed by atoms with E-state index < -0.39 is 17.8 Å². The molecule has 1 amide bonds. The SMILES string of the molecule is CCOC(=O)C(C(N)=O)c1ccc(OC)cc1. The Morgan fingerprint density at radius 3 is 2.29 bits per heavy atom. The average Bonchev–Trinajstić information content (AvgIpc) is 2.30. The summed E-state index contributed by atoms with van der Waals surface area (Å²) in [5.74, 6) is -1.79. The van der Waals surface area contributed by atoms with Crippen molar-refractivity contribution < 1.29 is 19.1 Å². The molecule has 17 heavy (non-hydrogen) atoms. The number of benzene rings is 1. The number of amides is 1. The zero-order valence-electron chi connectivity index (χ0n) is 9.80. The summed E-state index contributed by atoms with van der Waals surface area (Å²) in [6.07, 6.45) is 0. The van der Waals surface area contributed by atoms with Crippen LogP contribution < -0.4 is 10.5 Å². The second-order valence-corrected chi connectivity index (χ2v) is 3.36. The van der Waals surface area contributed by atoms with E-state index in [0.29, 0.717) is 11.3 Å². The first-order chi connectivity index (χ1) is 8.10. The van der Waals surface area contributed by atoms with Crippen molar-refractivity contribution in [1.29, 1.82) is 0 Å². The number of carbonyl (C=O) groups is 2. The molecule has 1 aromatic carbocycles. The fourth-order valence-electron chi connectivity index (χ4n) is 1.44. The van der Waals surface area contributed by atoms with Crippen LogP contribution in [0.5, 0.6) is 5.75 Å². The number of carbonyl (C=O) groups excluding carboxylic acids is 2. The first-order valence-electron chi connectivity index (χ1n) is 5.20. The maximum atomic E-state index is 11.6. The monoisotopic (exact) mass is 237 g/mol. The van der Waals surface area contributed by atoms with Crippen molar-refractivity contribution in [3.63, 3.8) is 0 Å². The van der Waals surface area contributed by atoms with Crippen molar-refractivity contribution in [1.82, 2.24) is 0 Å². The molecule has 0 aliphatic carbocycles. The van der Waals surface area contributed by atoms with Gasteiger partial charge in [-0.25, -0.2) is 0 Å². The van der Waals surface area contributed by atoms with Crippen LogP contribution in [0.3, 0.4) is 0 Å². The van der Waals surface area contributed by atoms with Crippen LogP contribution in [0.4, 0.5) is 0 Å². The second kappa shape index (κ2) is 5.89. The van der Waals surface area contributed by atoms with E-state index >= 15 is 0 Å². The average molecular weight is 237 g/mol. The van der Waals surface area contributed by atoms with Gasteiger partial charge in [-0.3, -0.25) is 9.59 Å². The molecule has 0 radical (unpaired) electrons. The van der Waals surface area contributed by atoms with Gasteiger partial charge in [0.2, 0.25) is 5.91 Å². The molecular formula is C12H15NO4. The molecule has 0 saturated carbocycles. The van der Waals surface area contributed by atoms with Crippen molar-refractivity contribution in [3.05, 3.63) is 29.8 Å². The molecule has 0 aliphatic rings. The maximum Gasteiger partial charge on any atom is 0.323 e. The third-order valence-corrected chi connectivity index (χ3v) is 2.26. The molecule has 5 heteroatoms. The highest BCUT2D eigenvalue weighted by atomic mass is 16.5. The van der Waals surface area contributed by atoms with E-state index in [1.165, 1.54) is 7.11 Å². The van der Waals surface area contributed by atoms with Gasteiger partial charge in [-0.15, -0.1) is 0 Å². The zero-order valence-corrected chi connectivity index (χ0v) is 9.80. The molecule has 1 aromatic rings. The predicted octanol–water partition coefficient (Wildman–Crippen LogP) is 0.827. The van der Waals surface area contributed by atoms with Crippen molar-refractivity contribution in [3.8, 4) is 5.75 Å². The normalized spacial score (nSPS) is 11.6. The van der Waals surface area contributed by atoms with Crippen LogP contribution in [0.1, 0.15) is 18.4 Å². The summed E-state index contributed by atoms with van der Waals surface area (Å²) in [5.41, 5.74) is 5.70. The van der Waals surface area contributed by atoms with Gasteiger partial charge >= 0.3 is 5.97 Å². The smallest absolute Gasteiger partial charge is 0.323 e. The minimum absolute atomic E-state index is 0.207. The molecule has 5 nitrogen and oxygen atoms in total. The molecule has 1 rings (SSSR count). The van der Waals surface area contributed by atoms with Crippen LogP contribution in [-0.2, 0) is 14.3 Å². The van der Waals surface area contributed by atoms with E-state index in [4.69, 9.17) is 15.2 Å². The predicted molar refractivity (Wildman–Crippen MR) is 61.6 cm³/mol. The number of ether oxygens (including phenoxy) is 2. The molecule has 2 N–H and O–H groups in total. The van der Waals surface area contributed by atoms with Gasteiger partial charge in [0.25, 0.3) is 0 Å². The maximum absolute atomic E-state index is 11.6. The van der Waals surface area contributed by atoms with E-state index in [1.807, 2.05) is 0 Å². The molecule has 0 fully saturated rings. The third-order valence-electron chi connectivity index (χ3n) is 2.26. The Balaban J connectivity index is 2.97. The summed E-state index contributed by atoms with van der Waals surface area (Å²) in [5, 5.41) is 0. The first-order valence-corrected chi connectivity index (χ1v) is 5.20. The Kier molecular flexibility index (Phi) is 4.51. The van der Waals surface area contributed by atoms with Gasteiger partial charge in [0.15, 0.2) is 5.92 Å². The Hall–Kier alpha value is -2.04. The number of rotatable bonds is 5. The number of hydrogen-bond acceptors (Lipinski definition) is 4. The summed E-state index contributed by atoms with van der Waals surface area (Å²) >= 11 is 0. The van der Waals surface area contributed by atoms with E-state index in [2.05, 4.69) is 0 Å². The van der Waals surface area contributed by atoms with Crippen LogP contribution in [0.2, 0.25) is 0 Å². The highest BCUT2D eigenvalue weighted by molar-refractivity contribution is 6.02. The third kappa shape index (κ3) is 3.21. The number of nitrogens with two attached hydrogens (primary N) is 1. The van der Waals surface area contributed by atoms with E-state index in [9.17, 15) is 9.59 Å². The van der Waals surface area contributed by atoms with E-state index in [-0.39, 0.29) is 6.61 Å². The Labute approximate surface area is 99.5 Å².